The molecule has 1 aromatic rings. The molecule has 0 bridgehead atoms. The van der Waals surface area contributed by atoms with Gasteiger partial charge < -0.3 is 0 Å². The first-order chi connectivity index (χ1) is 7.44. The molecule has 0 aliphatic rings. The normalized spacial score (nSPS) is 13.7. The summed E-state index contributed by atoms with van der Waals surface area (Å²) in [5.74, 6) is 5.55. The van der Waals surface area contributed by atoms with E-state index in [-0.39, 0.29) is 11.8 Å². The lowest BCUT2D eigenvalue weighted by molar-refractivity contribution is 0.529. The molecule has 0 radical (unpaired) electrons. The Kier molecular flexibility index (Phi) is 4.91. The van der Waals surface area contributed by atoms with Gasteiger partial charge in [-0.25, -0.2) is 8.42 Å². The van der Waals surface area contributed by atoms with Gasteiger partial charge in [0.15, 0.2) is 0 Å². The molecule has 16 heavy (non-hydrogen) atoms. The van der Waals surface area contributed by atoms with Gasteiger partial charge in [0.2, 0.25) is 0 Å². The highest BCUT2D eigenvalue weighted by molar-refractivity contribution is 9.10. The van der Waals surface area contributed by atoms with E-state index in [1.54, 1.807) is 0 Å². The van der Waals surface area contributed by atoms with Crippen LogP contribution < -0.4 is 11.3 Å². The van der Waals surface area contributed by atoms with Crippen molar-refractivity contribution in [2.75, 3.05) is 12.0 Å². The molecule has 0 amide bonds. The zero-order chi connectivity index (χ0) is 12.2. The van der Waals surface area contributed by atoms with Crippen molar-refractivity contribution in [3.8, 4) is 0 Å². The average Bonchev–Trinajstić information content (AvgIpc) is 2.20. The van der Waals surface area contributed by atoms with E-state index >= 15 is 0 Å². The minimum absolute atomic E-state index is 0.114. The first kappa shape index (κ1) is 13.6. The van der Waals surface area contributed by atoms with Gasteiger partial charge in [-0.05, 0) is 18.1 Å². The molecule has 6 heteroatoms. The summed E-state index contributed by atoms with van der Waals surface area (Å²) in [7, 11) is -2.96. The van der Waals surface area contributed by atoms with E-state index in [0.717, 1.165) is 10.0 Å². The smallest absolute Gasteiger partial charge is 0.147 e. The van der Waals surface area contributed by atoms with Gasteiger partial charge in [-0.3, -0.25) is 11.3 Å². The fourth-order valence-electron chi connectivity index (χ4n) is 1.42. The number of nitrogens with one attached hydrogen (secondary N) is 1. The predicted octanol–water partition coefficient (Wildman–Crippen LogP) is 1.39. The van der Waals surface area contributed by atoms with Gasteiger partial charge in [-0.2, -0.15) is 0 Å². The molecule has 0 aliphatic carbocycles. The van der Waals surface area contributed by atoms with Crippen LogP contribution in [0.25, 0.3) is 0 Å². The lowest BCUT2D eigenvalue weighted by Gasteiger charge is -2.17. The summed E-state index contributed by atoms with van der Waals surface area (Å²) in [6.07, 6.45) is 1.68. The Balaban J connectivity index is 2.79. The minimum Gasteiger partial charge on any atom is -0.271 e. The molecule has 1 rings (SSSR count). The number of nitrogens with two attached hydrogens (primary N) is 1. The maximum Gasteiger partial charge on any atom is 0.147 e. The molecule has 1 aromatic carbocycles. The number of sulfone groups is 1. The molecule has 0 saturated heterocycles. The summed E-state index contributed by atoms with van der Waals surface area (Å²) >= 11 is 3.41. The van der Waals surface area contributed by atoms with E-state index in [1.807, 2.05) is 24.3 Å². The van der Waals surface area contributed by atoms with Gasteiger partial charge in [0.05, 0.1) is 5.75 Å². The Bertz CT molecular complexity index is 448. The molecule has 3 N–H and O–H groups in total. The van der Waals surface area contributed by atoms with Crippen molar-refractivity contribution in [3.63, 3.8) is 0 Å². The second kappa shape index (κ2) is 5.77. The second-order valence-electron chi connectivity index (χ2n) is 3.66. The van der Waals surface area contributed by atoms with Crippen LogP contribution in [0.3, 0.4) is 0 Å². The summed E-state index contributed by atoms with van der Waals surface area (Å²) in [6.45, 7) is 0. The Hall–Kier alpha value is -0.430. The molecular formula is C10H15BrN2O2S. The summed E-state index contributed by atoms with van der Waals surface area (Å²) in [5.41, 5.74) is 3.60. The Labute approximate surface area is 104 Å². The number of hydrogen-bond acceptors (Lipinski definition) is 4. The highest BCUT2D eigenvalue weighted by atomic mass is 79.9. The van der Waals surface area contributed by atoms with Gasteiger partial charge in [0.1, 0.15) is 9.84 Å². The number of hydrazine groups is 1. The first-order valence-corrected chi connectivity index (χ1v) is 7.67. The van der Waals surface area contributed by atoms with E-state index in [9.17, 15) is 8.42 Å². The predicted molar refractivity (Wildman–Crippen MR) is 68.5 cm³/mol. The van der Waals surface area contributed by atoms with Crippen LogP contribution in [0, 0.1) is 0 Å². The average molecular weight is 307 g/mol. The lowest BCUT2D eigenvalue weighted by atomic mass is 10.1. The SMILES string of the molecule is CS(=O)(=O)CCC(NN)c1ccccc1Br. The van der Waals surface area contributed by atoms with Gasteiger partial charge >= 0.3 is 0 Å². The van der Waals surface area contributed by atoms with Crippen molar-refractivity contribution in [2.24, 2.45) is 5.84 Å². The Morgan fingerprint density at radius 1 is 1.44 bits per heavy atom. The Morgan fingerprint density at radius 2 is 2.06 bits per heavy atom. The van der Waals surface area contributed by atoms with Crippen LogP contribution in [-0.2, 0) is 9.84 Å². The van der Waals surface area contributed by atoms with Crippen LogP contribution in [0.4, 0.5) is 0 Å². The highest BCUT2D eigenvalue weighted by Gasteiger charge is 2.14. The molecule has 4 nitrogen and oxygen atoms in total. The molecule has 90 valence electrons. The van der Waals surface area contributed by atoms with Crippen LogP contribution in [0.1, 0.15) is 18.0 Å². The lowest BCUT2D eigenvalue weighted by Crippen LogP contribution is -2.29. The zero-order valence-electron chi connectivity index (χ0n) is 8.98. The van der Waals surface area contributed by atoms with Crippen LogP contribution >= 0.6 is 15.9 Å². The van der Waals surface area contributed by atoms with E-state index in [2.05, 4.69) is 21.4 Å². The molecule has 1 atom stereocenters. The third kappa shape index (κ3) is 4.21. The first-order valence-electron chi connectivity index (χ1n) is 4.82. The number of rotatable bonds is 5. The summed E-state index contributed by atoms with van der Waals surface area (Å²) in [5, 5.41) is 0. The zero-order valence-corrected chi connectivity index (χ0v) is 11.4. The van der Waals surface area contributed by atoms with Crippen molar-refractivity contribution >= 4 is 25.8 Å². The highest BCUT2D eigenvalue weighted by Crippen LogP contribution is 2.25. The molecule has 0 aliphatic heterocycles. The maximum absolute atomic E-state index is 11.1. The van der Waals surface area contributed by atoms with Gasteiger partial charge in [-0.15, -0.1) is 0 Å². The Morgan fingerprint density at radius 3 is 2.56 bits per heavy atom. The number of hydrogen-bond donors (Lipinski definition) is 2. The van der Waals surface area contributed by atoms with Crippen molar-refractivity contribution in [3.05, 3.63) is 34.3 Å². The van der Waals surface area contributed by atoms with Gasteiger partial charge in [0.25, 0.3) is 0 Å². The number of benzene rings is 1. The monoisotopic (exact) mass is 306 g/mol. The maximum atomic E-state index is 11.1. The fourth-order valence-corrected chi connectivity index (χ4v) is 2.64. The standard InChI is InChI=1S/C10H15BrN2O2S/c1-16(14,15)7-6-10(13-12)8-4-2-3-5-9(8)11/h2-5,10,13H,6-7,12H2,1H3. The molecule has 0 heterocycles. The van der Waals surface area contributed by atoms with Crippen molar-refractivity contribution in [1.29, 1.82) is 0 Å². The minimum atomic E-state index is -2.96. The molecule has 0 fully saturated rings. The largest absolute Gasteiger partial charge is 0.271 e. The van der Waals surface area contributed by atoms with E-state index in [1.165, 1.54) is 6.26 Å². The summed E-state index contributed by atoms with van der Waals surface area (Å²) in [4.78, 5) is 0. The van der Waals surface area contributed by atoms with Crippen molar-refractivity contribution in [1.82, 2.24) is 5.43 Å². The number of halogens is 1. The third-order valence-electron chi connectivity index (χ3n) is 2.26. The fraction of sp³-hybridized carbons (Fsp3) is 0.400. The van der Waals surface area contributed by atoms with Crippen molar-refractivity contribution < 1.29 is 8.42 Å². The van der Waals surface area contributed by atoms with E-state index in [0.29, 0.717) is 6.42 Å². The summed E-state index contributed by atoms with van der Waals surface area (Å²) in [6, 6.07) is 7.45. The van der Waals surface area contributed by atoms with Crippen LogP contribution in [0.15, 0.2) is 28.7 Å². The summed E-state index contributed by atoms with van der Waals surface area (Å²) < 4.78 is 23.1. The van der Waals surface area contributed by atoms with Crippen LogP contribution in [0.2, 0.25) is 0 Å². The van der Waals surface area contributed by atoms with Crippen LogP contribution in [-0.4, -0.2) is 20.4 Å². The molecule has 1 unspecified atom stereocenters. The van der Waals surface area contributed by atoms with E-state index < -0.39 is 9.84 Å². The van der Waals surface area contributed by atoms with Crippen LogP contribution in [0.5, 0.6) is 0 Å². The van der Waals surface area contributed by atoms with E-state index in [4.69, 9.17) is 5.84 Å². The molecule has 0 spiro atoms. The van der Waals surface area contributed by atoms with Crippen molar-refractivity contribution in [2.45, 2.75) is 12.5 Å². The molecular weight excluding hydrogens is 292 g/mol. The van der Waals surface area contributed by atoms with Gasteiger partial charge in [-0.1, -0.05) is 34.1 Å². The molecule has 0 aromatic heterocycles. The topological polar surface area (TPSA) is 72.2 Å². The second-order valence-corrected chi connectivity index (χ2v) is 6.77. The third-order valence-corrected chi connectivity index (χ3v) is 3.96. The quantitative estimate of drug-likeness (QED) is 0.637. The van der Waals surface area contributed by atoms with Gasteiger partial charge in [0, 0.05) is 16.8 Å². The molecule has 0 saturated carbocycles.